The Kier molecular flexibility index (Phi) is 58.5. The first-order valence-corrected chi connectivity index (χ1v) is 54.0. The number of hydrogen-bond donors (Lipinski definition) is 0. The first-order valence-electron chi connectivity index (χ1n) is 48.8. The van der Waals surface area contributed by atoms with Crippen molar-refractivity contribution in [3.05, 3.63) is 493 Å². The Morgan fingerprint density at radius 2 is 0.811 bits per heavy atom. The summed E-state index contributed by atoms with van der Waals surface area (Å²) >= 11 is 1.19. The van der Waals surface area contributed by atoms with Gasteiger partial charge in [0.15, 0.2) is 0 Å². The van der Waals surface area contributed by atoms with E-state index in [1.807, 2.05) is 49.4 Å². The molecule has 2 unspecified atom stereocenters. The molecule has 0 amide bonds. The third-order valence-corrected chi connectivity index (χ3v) is 30.3. The van der Waals surface area contributed by atoms with Crippen LogP contribution in [0.1, 0.15) is 188 Å². The summed E-state index contributed by atoms with van der Waals surface area (Å²) in [5.41, 5.74) is 32.6. The Morgan fingerprint density at radius 1 is 0.412 bits per heavy atom. The monoisotopic (exact) mass is 2230 g/mol. The Bertz CT molecular complexity index is 6180. The molecule has 2 aromatic heterocycles. The fourth-order valence-corrected chi connectivity index (χ4v) is 24.4. The number of aryl methyl sites for hydroxylation is 14. The van der Waals surface area contributed by atoms with Crippen LogP contribution in [0.4, 0.5) is 22.7 Å². The van der Waals surface area contributed by atoms with Crippen molar-refractivity contribution in [3.8, 4) is 35.0 Å². The molecule has 10 aromatic carbocycles. The molecule has 5 heterocycles. The number of allylic oxidation sites excluding steroid dienone is 4. The fraction of sp³-hybridized carbons (Fsp3) is 0.267. The Balaban J connectivity index is 0.000000477. The van der Waals surface area contributed by atoms with Gasteiger partial charge in [-0.2, -0.15) is 0 Å². The van der Waals surface area contributed by atoms with Gasteiger partial charge in [0, 0.05) is 108 Å². The number of anilines is 4. The molecule has 17 heteroatoms. The van der Waals surface area contributed by atoms with Crippen molar-refractivity contribution in [1.82, 2.24) is 19.8 Å². The molecule has 7 aliphatic rings. The second kappa shape index (κ2) is 66.8. The van der Waals surface area contributed by atoms with Crippen molar-refractivity contribution in [2.24, 2.45) is 5.92 Å². The summed E-state index contributed by atoms with van der Waals surface area (Å²) < 4.78 is 35.5. The zero-order valence-corrected chi connectivity index (χ0v) is 96.4. The third-order valence-electron chi connectivity index (χ3n) is 26.0. The third kappa shape index (κ3) is 35.1. The van der Waals surface area contributed by atoms with Crippen LogP contribution in [0.15, 0.2) is 330 Å². The van der Waals surface area contributed by atoms with Crippen LogP contribution < -0.4 is 50.3 Å². The number of fused-ring (bicyclic) bond motifs is 5. The van der Waals surface area contributed by atoms with E-state index in [2.05, 4.69) is 431 Å². The Hall–Kier alpha value is -12.5. The summed E-state index contributed by atoms with van der Waals surface area (Å²) in [6, 6.07) is 87.2. The van der Waals surface area contributed by atoms with Crippen molar-refractivity contribution in [1.29, 1.82) is 0 Å². The van der Waals surface area contributed by atoms with Crippen molar-refractivity contribution < 1.29 is 58.7 Å². The minimum atomic E-state index is -2.12. The number of benzene rings is 10. The first-order chi connectivity index (χ1) is 69.0. The van der Waals surface area contributed by atoms with Crippen LogP contribution in [0.3, 0.4) is 0 Å². The average molecular weight is 2230 g/mol. The van der Waals surface area contributed by atoms with E-state index in [9.17, 15) is 0 Å². The van der Waals surface area contributed by atoms with E-state index in [0.29, 0.717) is 25.0 Å². The van der Waals surface area contributed by atoms with Gasteiger partial charge in [-0.25, -0.2) is 0 Å². The van der Waals surface area contributed by atoms with Gasteiger partial charge in [-0.15, -0.1) is 26.3 Å². The Morgan fingerprint density at radius 3 is 1.22 bits per heavy atom. The zero-order chi connectivity index (χ0) is 103. The molecular formula is C131H155ClFeN8O5PRe-2. The maximum Gasteiger partial charge on any atom is 2.00 e. The molecule has 12 aromatic rings. The van der Waals surface area contributed by atoms with Crippen LogP contribution in [0.25, 0.3) is 17.5 Å². The molecule has 13 nitrogen and oxygen atoms in total. The standard InChI is InChI=1S/C44H38O2P.C24H30N2.C15H20N2.C15H18N2.C13H12N2.C7H12.C5H10.3CO.5CH3.ClH.Fe.Re/c1-32-17-19-33(20-18-32)30-45-41-27-28-42(44-36-24-23-35(29-36)43(41)44)46-31-34-21-25-40(26-22-34)47(37-11-5-2-6-12-37,38-13-7-3-8-14-38)39-15-9-4-10-16-39;1-8-9-22-14-25(23-18(4)10-16(2)11-19(23)5)15-26(22)24-20(6)12-17(3)13-21(24)7;2*1-5-6-16-7-8-17(11-16)15-13(3)9-12(2)10-14(15)4;1-3-11-5-7-15-13(9-11)12-8-10(2)4-6-14-12;1-2-7-5-3-4-6-7;1-2-4-5-3-1;3*1-2;;;;;;;;/h2-28,35-36H,29-31H2,1H3;8,10-14H,1,9,15H2,2-7H3;5,7-10H,1,6,11H2,2-4H3;5,9-10H,1,6,11H2,2-4H3;3-9H,1H2,2H3;2,7H,1,3-6H2;1-5H2;;;;5*1H3;1H;;/q+1;;;;;;;;;;5*-1;;+2;+1/p-1. The van der Waals surface area contributed by atoms with Crippen molar-refractivity contribution in [3.63, 3.8) is 0 Å². The van der Waals surface area contributed by atoms with Gasteiger partial charge in [-0.1, -0.05) is 261 Å². The van der Waals surface area contributed by atoms with E-state index >= 15 is 0 Å². The van der Waals surface area contributed by atoms with E-state index in [4.69, 9.17) is 33.0 Å². The van der Waals surface area contributed by atoms with Gasteiger partial charge in [-0.05, 0) is 274 Å². The molecule has 2 fully saturated rings. The van der Waals surface area contributed by atoms with E-state index in [0.717, 1.165) is 85.9 Å². The number of aromatic nitrogens is 2. The molecular weight excluding hydrogens is 2070 g/mol. The number of pyridine rings is 2. The van der Waals surface area contributed by atoms with Crippen LogP contribution in [-0.4, -0.2) is 52.9 Å². The van der Waals surface area contributed by atoms with Gasteiger partial charge in [-0.3, -0.25) is 14.9 Å². The summed E-state index contributed by atoms with van der Waals surface area (Å²) in [4.78, 5) is 22.1. The van der Waals surface area contributed by atoms with Crippen LogP contribution in [0.2, 0.25) is 0 Å². The summed E-state index contributed by atoms with van der Waals surface area (Å²) in [5.74, 6) is 3.61. The van der Waals surface area contributed by atoms with Gasteiger partial charge in [0.25, 0.3) is 0 Å². The predicted octanol–water partition coefficient (Wildman–Crippen LogP) is 31.5. The quantitative estimate of drug-likeness (QED) is 0.0153. The second-order valence-corrected chi connectivity index (χ2v) is 40.4. The molecule has 0 radical (unpaired) electrons. The van der Waals surface area contributed by atoms with Gasteiger partial charge < -0.3 is 71.1 Å². The van der Waals surface area contributed by atoms with E-state index in [1.165, 1.54) is 220 Å². The molecule has 4 aliphatic carbocycles. The molecule has 0 saturated heterocycles. The molecule has 148 heavy (non-hydrogen) atoms. The maximum absolute atomic E-state index is 7.50. The minimum Gasteiger partial charge on any atom is 2.00 e. The summed E-state index contributed by atoms with van der Waals surface area (Å²) in [5, 5.41) is 5.39. The van der Waals surface area contributed by atoms with Gasteiger partial charge in [0.2, 0.25) is 0 Å². The predicted molar refractivity (Wildman–Crippen MR) is 625 cm³/mol. The topological polar surface area (TPSA) is 123 Å². The molecule has 2 atom stereocenters. The van der Waals surface area contributed by atoms with Crippen LogP contribution >= 0.6 is 16.8 Å². The number of hydrogen-bond acceptors (Lipinski definition) is 10. The van der Waals surface area contributed by atoms with Gasteiger partial charge >= 0.3 is 78.7 Å². The molecule has 0 N–H and O–H groups in total. The van der Waals surface area contributed by atoms with Crippen molar-refractivity contribution in [2.75, 3.05) is 52.7 Å². The molecule has 2 saturated carbocycles. The SMILES string of the molecule is C1CCCC1.C=CC1CCCC1.C=CCC1=CN(c2c(C)cc(C)cc2C)CN1c1c(C)cc(C)cc1C.C=CCN1C#CN(c2c(C)cc(C)cc2C)C1.C=CCN1C=CN(c2c(C)cc(C)cc2C)C1.C=Cc1ccnc(-c2cc(C)ccn2)c1.Cc1ccc(COc2ccc(OCc3ccc([P+](c4ccccc4)(c4ccccc4)c4ccccc4)cc3)c3c2C2C=CC3C2)cc1.[C-]#[O+].[C-]#[O+].[C-]#[O+].[CH3-].[CH3-].[CH3-].[CH3-].[CH3-].[Cl][Re].[Fe+2]. The summed E-state index contributed by atoms with van der Waals surface area (Å²) in [6.45, 7) is 68.1. The smallest absolute Gasteiger partial charge is 2.00 e. The number of ether oxygens (including phenoxy) is 2. The van der Waals surface area contributed by atoms with E-state index < -0.39 is 7.26 Å². The van der Waals surface area contributed by atoms with Gasteiger partial charge in [0.1, 0.15) is 59.9 Å². The molecule has 2 bridgehead atoms. The first kappa shape index (κ1) is 130. The number of rotatable bonds is 23. The largest absolute Gasteiger partial charge is 2.00 e. The normalized spacial score (nSPS) is 13.8. The fourth-order valence-electron chi connectivity index (χ4n) is 20.2. The zero-order valence-electron chi connectivity index (χ0n) is 91.0. The van der Waals surface area contributed by atoms with Crippen molar-refractivity contribution in [2.45, 2.75) is 193 Å². The number of halogens is 1. The van der Waals surface area contributed by atoms with Crippen LogP contribution in [-0.2, 0) is 62.4 Å². The summed E-state index contributed by atoms with van der Waals surface area (Å²) in [7, 11) is 2.57. The van der Waals surface area contributed by atoms with Crippen molar-refractivity contribution >= 4 is 66.8 Å². The molecule has 0 spiro atoms. The van der Waals surface area contributed by atoms with Crippen LogP contribution in [0, 0.1) is 172 Å². The summed E-state index contributed by atoms with van der Waals surface area (Å²) in [6.07, 6.45) is 39.7. The average Bonchev–Trinajstić information content (AvgIpc) is 0.795. The second-order valence-electron chi connectivity index (χ2n) is 37.0. The maximum atomic E-state index is 7.50. The van der Waals surface area contributed by atoms with Gasteiger partial charge in [0.05, 0.1) is 30.4 Å². The minimum absolute atomic E-state index is 0. The Labute approximate surface area is 917 Å². The van der Waals surface area contributed by atoms with Crippen LogP contribution in [0.5, 0.6) is 11.5 Å². The number of nitrogens with zero attached hydrogens (tertiary/aromatic N) is 8. The van der Waals surface area contributed by atoms with E-state index in [1.54, 1.807) is 18.5 Å². The molecule has 19 rings (SSSR count). The van der Waals surface area contributed by atoms with E-state index in [-0.39, 0.29) is 54.2 Å². The molecule has 3 aliphatic heterocycles. The molecule has 778 valence electrons.